The van der Waals surface area contributed by atoms with Crippen molar-refractivity contribution in [3.8, 4) is 5.75 Å². The van der Waals surface area contributed by atoms with Crippen LogP contribution in [0, 0.1) is 0 Å². The van der Waals surface area contributed by atoms with Crippen molar-refractivity contribution in [2.75, 3.05) is 24.4 Å². The molecule has 0 bridgehead atoms. The summed E-state index contributed by atoms with van der Waals surface area (Å²) in [6.45, 7) is -0.0513. The van der Waals surface area contributed by atoms with E-state index in [4.69, 9.17) is 10.5 Å². The van der Waals surface area contributed by atoms with Crippen LogP contribution in [0.2, 0.25) is 0 Å². The van der Waals surface area contributed by atoms with E-state index in [0.29, 0.717) is 11.3 Å². The molecule has 1 aromatic rings. The molecule has 0 fully saturated rings. The Hall–Kier alpha value is -1.12. The van der Waals surface area contributed by atoms with Gasteiger partial charge in [-0.15, -0.1) is 0 Å². The molecule has 8 heteroatoms. The van der Waals surface area contributed by atoms with Gasteiger partial charge < -0.3 is 10.5 Å². The van der Waals surface area contributed by atoms with Gasteiger partial charge in [-0.05, 0) is 6.07 Å². The van der Waals surface area contributed by atoms with Crippen LogP contribution in [-0.2, 0) is 19.7 Å². The molecule has 2 unspecified atom stereocenters. The largest absolute Gasteiger partial charge is 0.492 e. The number of ether oxygens (including phenoxy) is 1. The third kappa shape index (κ3) is 3.31. The Morgan fingerprint density at radius 2 is 1.85 bits per heavy atom. The molecule has 1 aliphatic rings. The average molecular weight is 319 g/mol. The second-order valence-electron chi connectivity index (χ2n) is 4.91. The van der Waals surface area contributed by atoms with Crippen molar-refractivity contribution >= 4 is 19.7 Å². The van der Waals surface area contributed by atoms with E-state index in [-0.39, 0.29) is 6.61 Å². The van der Waals surface area contributed by atoms with Crippen molar-refractivity contribution in [1.29, 1.82) is 0 Å². The lowest BCUT2D eigenvalue weighted by Crippen LogP contribution is -2.43. The highest BCUT2D eigenvalue weighted by Gasteiger charge is 2.37. The van der Waals surface area contributed by atoms with Crippen LogP contribution in [0.25, 0.3) is 0 Å². The van der Waals surface area contributed by atoms with Crippen LogP contribution >= 0.6 is 0 Å². The Kier molecular flexibility index (Phi) is 4.08. The molecule has 0 spiro atoms. The molecule has 1 aromatic carbocycles. The number of nitrogens with two attached hydrogens (primary N) is 1. The van der Waals surface area contributed by atoms with Crippen molar-refractivity contribution in [2.24, 2.45) is 5.73 Å². The van der Waals surface area contributed by atoms with Gasteiger partial charge >= 0.3 is 0 Å². The average Bonchev–Trinajstić information content (AvgIpc) is 2.36. The zero-order chi connectivity index (χ0) is 15.0. The van der Waals surface area contributed by atoms with Gasteiger partial charge in [-0.1, -0.05) is 18.2 Å². The van der Waals surface area contributed by atoms with Gasteiger partial charge in [0.1, 0.15) is 27.4 Å². The van der Waals surface area contributed by atoms with E-state index in [1.54, 1.807) is 24.3 Å². The molecule has 0 saturated heterocycles. The van der Waals surface area contributed by atoms with Gasteiger partial charge in [0.05, 0.1) is 17.5 Å². The second kappa shape index (κ2) is 5.34. The van der Waals surface area contributed by atoms with Gasteiger partial charge in [0.15, 0.2) is 9.84 Å². The van der Waals surface area contributed by atoms with Crippen LogP contribution in [-0.4, -0.2) is 46.5 Å². The van der Waals surface area contributed by atoms with Gasteiger partial charge in [0.2, 0.25) is 0 Å². The summed E-state index contributed by atoms with van der Waals surface area (Å²) in [6.07, 6.45) is 1.01. The number of para-hydroxylation sites is 1. The lowest BCUT2D eigenvalue weighted by Gasteiger charge is -2.30. The standard InChI is InChI=1S/C12H17NO5S2/c1-19(14,15)6-7-20(16,17)11-8-18-10-5-3-2-4-9(10)12(11)13/h2-5,11-12H,6-8,13H2,1H3. The maximum atomic E-state index is 12.2. The van der Waals surface area contributed by atoms with Crippen LogP contribution in [0.4, 0.5) is 0 Å². The molecule has 0 saturated carbocycles. The first-order chi connectivity index (χ1) is 9.21. The van der Waals surface area contributed by atoms with Crippen LogP contribution < -0.4 is 10.5 Å². The summed E-state index contributed by atoms with van der Waals surface area (Å²) in [7, 11) is -6.97. The third-order valence-electron chi connectivity index (χ3n) is 3.28. The third-order valence-corrected chi connectivity index (χ3v) is 6.61. The molecule has 0 amide bonds. The Morgan fingerprint density at radius 3 is 2.50 bits per heavy atom. The highest BCUT2D eigenvalue weighted by atomic mass is 32.2. The molecule has 6 nitrogen and oxygen atoms in total. The molecule has 20 heavy (non-hydrogen) atoms. The minimum Gasteiger partial charge on any atom is -0.492 e. The summed E-state index contributed by atoms with van der Waals surface area (Å²) >= 11 is 0. The van der Waals surface area contributed by atoms with E-state index in [2.05, 4.69) is 0 Å². The minimum absolute atomic E-state index is 0.0513. The molecule has 0 radical (unpaired) electrons. The fourth-order valence-corrected chi connectivity index (χ4v) is 5.42. The van der Waals surface area contributed by atoms with Gasteiger partial charge in [-0.25, -0.2) is 16.8 Å². The predicted octanol–water partition coefficient (Wildman–Crippen LogP) is -0.0932. The fraction of sp³-hybridized carbons (Fsp3) is 0.500. The Labute approximate surface area is 118 Å². The first-order valence-corrected chi connectivity index (χ1v) is 9.85. The number of sulfone groups is 2. The number of hydrogen-bond acceptors (Lipinski definition) is 6. The molecule has 1 aliphatic heterocycles. The fourth-order valence-electron chi connectivity index (χ4n) is 2.11. The first kappa shape index (κ1) is 15.3. The van der Waals surface area contributed by atoms with Gasteiger partial charge in [-0.3, -0.25) is 0 Å². The molecule has 112 valence electrons. The van der Waals surface area contributed by atoms with E-state index in [1.807, 2.05) is 0 Å². The smallest absolute Gasteiger partial charge is 0.159 e. The lowest BCUT2D eigenvalue weighted by atomic mass is 10.0. The van der Waals surface area contributed by atoms with Gasteiger partial charge in [-0.2, -0.15) is 0 Å². The van der Waals surface area contributed by atoms with E-state index < -0.39 is 42.5 Å². The molecule has 2 N–H and O–H groups in total. The first-order valence-electron chi connectivity index (χ1n) is 6.07. The SMILES string of the molecule is CS(=O)(=O)CCS(=O)(=O)C1COc2ccccc2C1N. The van der Waals surface area contributed by atoms with Crippen LogP contribution in [0.15, 0.2) is 24.3 Å². The van der Waals surface area contributed by atoms with E-state index in [9.17, 15) is 16.8 Å². The van der Waals surface area contributed by atoms with Crippen LogP contribution in [0.3, 0.4) is 0 Å². The maximum Gasteiger partial charge on any atom is 0.159 e. The van der Waals surface area contributed by atoms with Crippen molar-refractivity contribution < 1.29 is 21.6 Å². The minimum atomic E-state index is -3.64. The molecule has 1 heterocycles. The molecule has 2 rings (SSSR count). The summed E-state index contributed by atoms with van der Waals surface area (Å²) in [4.78, 5) is 0. The quantitative estimate of drug-likeness (QED) is 0.831. The lowest BCUT2D eigenvalue weighted by molar-refractivity contribution is 0.270. The topological polar surface area (TPSA) is 104 Å². The summed E-state index contributed by atoms with van der Waals surface area (Å²) < 4.78 is 52.1. The van der Waals surface area contributed by atoms with E-state index in [0.717, 1.165) is 6.26 Å². The van der Waals surface area contributed by atoms with Gasteiger partial charge in [0.25, 0.3) is 0 Å². The summed E-state index contributed by atoms with van der Waals surface area (Å²) in [5.41, 5.74) is 6.64. The Morgan fingerprint density at radius 1 is 1.20 bits per heavy atom. The number of rotatable bonds is 4. The highest BCUT2D eigenvalue weighted by molar-refractivity contribution is 7.95. The zero-order valence-corrected chi connectivity index (χ0v) is 12.7. The van der Waals surface area contributed by atoms with E-state index >= 15 is 0 Å². The molecule has 2 atom stereocenters. The molecule has 0 aromatic heterocycles. The normalized spacial score (nSPS) is 22.9. The summed E-state index contributed by atoms with van der Waals surface area (Å²) in [5, 5.41) is -0.917. The molecule has 0 aliphatic carbocycles. The van der Waals surface area contributed by atoms with Crippen LogP contribution in [0.5, 0.6) is 5.75 Å². The molecular formula is C12H17NO5S2. The van der Waals surface area contributed by atoms with Crippen molar-refractivity contribution in [3.63, 3.8) is 0 Å². The monoisotopic (exact) mass is 319 g/mol. The zero-order valence-electron chi connectivity index (χ0n) is 11.0. The van der Waals surface area contributed by atoms with E-state index in [1.165, 1.54) is 0 Å². The van der Waals surface area contributed by atoms with Crippen LogP contribution in [0.1, 0.15) is 11.6 Å². The number of benzene rings is 1. The second-order valence-corrected chi connectivity index (χ2v) is 9.51. The maximum absolute atomic E-state index is 12.2. The van der Waals surface area contributed by atoms with Crippen molar-refractivity contribution in [3.05, 3.63) is 29.8 Å². The molecular weight excluding hydrogens is 302 g/mol. The van der Waals surface area contributed by atoms with Crippen molar-refractivity contribution in [2.45, 2.75) is 11.3 Å². The van der Waals surface area contributed by atoms with Gasteiger partial charge in [0, 0.05) is 11.8 Å². The Bertz CT molecular complexity index is 696. The highest BCUT2D eigenvalue weighted by Crippen LogP contribution is 2.33. The van der Waals surface area contributed by atoms with Crippen molar-refractivity contribution in [1.82, 2.24) is 0 Å². The summed E-state index contributed by atoms with van der Waals surface area (Å²) in [6, 6.07) is 6.29. The predicted molar refractivity (Wildman–Crippen MR) is 76.2 cm³/mol. The number of fused-ring (bicyclic) bond motifs is 1. The Balaban J connectivity index is 2.22. The number of hydrogen-bond donors (Lipinski definition) is 1. The summed E-state index contributed by atoms with van der Waals surface area (Å²) in [5.74, 6) is -0.259.